The Morgan fingerprint density at radius 2 is 2.08 bits per heavy atom. The van der Waals surface area contributed by atoms with E-state index in [0.717, 1.165) is 11.3 Å². The van der Waals surface area contributed by atoms with Crippen LogP contribution >= 0.6 is 0 Å². The Hall–Kier alpha value is -2.44. The van der Waals surface area contributed by atoms with Gasteiger partial charge in [0.1, 0.15) is 5.75 Å². The van der Waals surface area contributed by atoms with Crippen molar-refractivity contribution in [1.82, 2.24) is 4.98 Å². The number of nitrogens with zero attached hydrogens (tertiary/aromatic N) is 1. The van der Waals surface area contributed by atoms with E-state index in [2.05, 4.69) is 17.2 Å². The van der Waals surface area contributed by atoms with Crippen molar-refractivity contribution < 1.29 is 19.0 Å². The molecule has 6 heteroatoms. The first-order valence-corrected chi connectivity index (χ1v) is 7.83. The van der Waals surface area contributed by atoms with Crippen LogP contribution in [0.2, 0.25) is 0 Å². The molecule has 0 bridgehead atoms. The van der Waals surface area contributed by atoms with Crippen LogP contribution in [0, 0.1) is 13.8 Å². The van der Waals surface area contributed by atoms with Crippen LogP contribution in [-0.4, -0.2) is 36.8 Å². The highest BCUT2D eigenvalue weighted by Gasteiger charge is 2.22. The van der Waals surface area contributed by atoms with E-state index in [0.29, 0.717) is 24.8 Å². The summed E-state index contributed by atoms with van der Waals surface area (Å²) in [6, 6.07) is 9.33. The van der Waals surface area contributed by atoms with Crippen LogP contribution in [0.5, 0.6) is 11.6 Å². The van der Waals surface area contributed by atoms with Gasteiger partial charge in [-0.1, -0.05) is 6.07 Å². The van der Waals surface area contributed by atoms with Crippen molar-refractivity contribution >= 4 is 11.6 Å². The molecule has 1 fully saturated rings. The van der Waals surface area contributed by atoms with E-state index >= 15 is 0 Å². The van der Waals surface area contributed by atoms with Crippen molar-refractivity contribution in [3.63, 3.8) is 0 Å². The van der Waals surface area contributed by atoms with E-state index in [9.17, 15) is 4.79 Å². The normalized spacial score (nSPS) is 17.3. The standard InChI is InChI=1S/C18H20N2O4/c1-12-3-5-15(9-13(12)2)24-17-6-4-14(10-19-17)20-18(21)16-11-22-7-8-23-16/h3-6,9-10,16H,7-8,11H2,1-2H3,(H,20,21)/t16-/m0/s1. The summed E-state index contributed by atoms with van der Waals surface area (Å²) in [6.07, 6.45) is 0.975. The highest BCUT2D eigenvalue weighted by atomic mass is 16.6. The lowest BCUT2D eigenvalue weighted by atomic mass is 10.1. The molecule has 0 spiro atoms. The van der Waals surface area contributed by atoms with Gasteiger partial charge < -0.3 is 19.5 Å². The predicted octanol–water partition coefficient (Wildman–Crippen LogP) is 2.84. The SMILES string of the molecule is Cc1ccc(Oc2ccc(NC(=O)[C@@H]3COCCO3)cn2)cc1C. The third-order valence-corrected chi connectivity index (χ3v) is 3.81. The highest BCUT2D eigenvalue weighted by molar-refractivity contribution is 5.94. The lowest BCUT2D eigenvalue weighted by Gasteiger charge is -2.21. The maximum absolute atomic E-state index is 12.0. The fraction of sp³-hybridized carbons (Fsp3) is 0.333. The number of carbonyl (C=O) groups is 1. The molecule has 1 saturated heterocycles. The Morgan fingerprint density at radius 1 is 1.21 bits per heavy atom. The van der Waals surface area contributed by atoms with Crippen LogP contribution < -0.4 is 10.1 Å². The fourth-order valence-electron chi connectivity index (χ4n) is 2.27. The molecule has 126 valence electrons. The van der Waals surface area contributed by atoms with Gasteiger partial charge >= 0.3 is 0 Å². The molecule has 0 aliphatic carbocycles. The molecular formula is C18H20N2O4. The number of hydrogen-bond acceptors (Lipinski definition) is 5. The number of rotatable bonds is 4. The largest absolute Gasteiger partial charge is 0.439 e. The van der Waals surface area contributed by atoms with Crippen molar-refractivity contribution in [1.29, 1.82) is 0 Å². The summed E-state index contributed by atoms with van der Waals surface area (Å²) >= 11 is 0. The zero-order valence-electron chi connectivity index (χ0n) is 13.7. The number of hydrogen-bond donors (Lipinski definition) is 1. The summed E-state index contributed by atoms with van der Waals surface area (Å²) in [5.74, 6) is 0.961. The van der Waals surface area contributed by atoms with Crippen molar-refractivity contribution in [3.05, 3.63) is 47.7 Å². The lowest BCUT2D eigenvalue weighted by Crippen LogP contribution is -2.39. The van der Waals surface area contributed by atoms with E-state index in [1.165, 1.54) is 5.56 Å². The minimum absolute atomic E-state index is 0.237. The topological polar surface area (TPSA) is 69.7 Å². The minimum Gasteiger partial charge on any atom is -0.439 e. The van der Waals surface area contributed by atoms with Crippen molar-refractivity contribution in [2.75, 3.05) is 25.1 Å². The fourth-order valence-corrected chi connectivity index (χ4v) is 2.27. The smallest absolute Gasteiger partial charge is 0.255 e. The Balaban J connectivity index is 1.60. The van der Waals surface area contributed by atoms with E-state index in [4.69, 9.17) is 14.2 Å². The molecule has 1 atom stereocenters. The van der Waals surface area contributed by atoms with E-state index in [1.807, 2.05) is 25.1 Å². The molecule has 24 heavy (non-hydrogen) atoms. The maximum Gasteiger partial charge on any atom is 0.255 e. The molecule has 1 aliphatic rings. The molecule has 3 rings (SSSR count). The Labute approximate surface area is 140 Å². The average Bonchev–Trinajstić information content (AvgIpc) is 2.61. The first kappa shape index (κ1) is 16.4. The molecule has 0 radical (unpaired) electrons. The highest BCUT2D eigenvalue weighted by Crippen LogP contribution is 2.23. The minimum atomic E-state index is -0.579. The predicted molar refractivity (Wildman–Crippen MR) is 89.4 cm³/mol. The number of nitrogens with one attached hydrogen (secondary N) is 1. The van der Waals surface area contributed by atoms with E-state index in [-0.39, 0.29) is 12.5 Å². The van der Waals surface area contributed by atoms with Crippen LogP contribution in [0.25, 0.3) is 0 Å². The zero-order chi connectivity index (χ0) is 16.9. The van der Waals surface area contributed by atoms with Gasteiger partial charge in [-0.25, -0.2) is 4.98 Å². The monoisotopic (exact) mass is 328 g/mol. The molecule has 0 saturated carbocycles. The van der Waals surface area contributed by atoms with Crippen molar-refractivity contribution in [2.24, 2.45) is 0 Å². The summed E-state index contributed by atoms with van der Waals surface area (Å²) < 4.78 is 16.3. The second-order valence-electron chi connectivity index (χ2n) is 5.66. The molecule has 2 heterocycles. The quantitative estimate of drug-likeness (QED) is 0.934. The molecule has 1 aliphatic heterocycles. The van der Waals surface area contributed by atoms with Gasteiger partial charge in [-0.3, -0.25) is 4.79 Å². The molecular weight excluding hydrogens is 308 g/mol. The van der Waals surface area contributed by atoms with Crippen LogP contribution in [0.1, 0.15) is 11.1 Å². The number of benzene rings is 1. The van der Waals surface area contributed by atoms with Crippen molar-refractivity contribution in [3.8, 4) is 11.6 Å². The number of carbonyl (C=O) groups excluding carboxylic acids is 1. The molecule has 1 aromatic carbocycles. The molecule has 0 unspecified atom stereocenters. The maximum atomic E-state index is 12.0. The lowest BCUT2D eigenvalue weighted by molar-refractivity contribution is -0.142. The number of ether oxygens (including phenoxy) is 3. The Bertz CT molecular complexity index is 709. The second kappa shape index (κ2) is 7.42. The van der Waals surface area contributed by atoms with Crippen LogP contribution in [-0.2, 0) is 14.3 Å². The molecule has 1 N–H and O–H groups in total. The van der Waals surface area contributed by atoms with E-state index in [1.54, 1.807) is 18.3 Å². The van der Waals surface area contributed by atoms with Gasteiger partial charge in [-0.15, -0.1) is 0 Å². The van der Waals surface area contributed by atoms with Crippen LogP contribution in [0.4, 0.5) is 5.69 Å². The van der Waals surface area contributed by atoms with Crippen LogP contribution in [0.15, 0.2) is 36.5 Å². The van der Waals surface area contributed by atoms with Gasteiger partial charge in [-0.2, -0.15) is 0 Å². The zero-order valence-corrected chi connectivity index (χ0v) is 13.7. The van der Waals surface area contributed by atoms with Gasteiger partial charge in [-0.05, 0) is 43.2 Å². The van der Waals surface area contributed by atoms with Crippen LogP contribution in [0.3, 0.4) is 0 Å². The number of aryl methyl sites for hydroxylation is 2. The number of amides is 1. The summed E-state index contributed by atoms with van der Waals surface area (Å²) in [6.45, 7) is 5.31. The van der Waals surface area contributed by atoms with Gasteiger partial charge in [0.25, 0.3) is 5.91 Å². The van der Waals surface area contributed by atoms with Gasteiger partial charge in [0.15, 0.2) is 6.10 Å². The first-order chi connectivity index (χ1) is 11.6. The van der Waals surface area contributed by atoms with Crippen molar-refractivity contribution in [2.45, 2.75) is 20.0 Å². The number of aromatic nitrogens is 1. The average molecular weight is 328 g/mol. The summed E-state index contributed by atoms with van der Waals surface area (Å²) in [4.78, 5) is 16.3. The number of anilines is 1. The molecule has 6 nitrogen and oxygen atoms in total. The third kappa shape index (κ3) is 4.10. The van der Waals surface area contributed by atoms with Gasteiger partial charge in [0.2, 0.25) is 5.88 Å². The van der Waals surface area contributed by atoms with Gasteiger partial charge in [0.05, 0.1) is 31.7 Å². The molecule has 2 aromatic rings. The summed E-state index contributed by atoms with van der Waals surface area (Å²) in [5, 5.41) is 2.76. The Morgan fingerprint density at radius 3 is 2.75 bits per heavy atom. The Kier molecular flexibility index (Phi) is 5.08. The molecule has 1 aromatic heterocycles. The third-order valence-electron chi connectivity index (χ3n) is 3.81. The molecule has 1 amide bonds. The second-order valence-corrected chi connectivity index (χ2v) is 5.66. The first-order valence-electron chi connectivity index (χ1n) is 7.83. The summed E-state index contributed by atoms with van der Waals surface area (Å²) in [7, 11) is 0. The van der Waals surface area contributed by atoms with E-state index < -0.39 is 6.10 Å². The van der Waals surface area contributed by atoms with Gasteiger partial charge in [0, 0.05) is 6.07 Å². The summed E-state index contributed by atoms with van der Waals surface area (Å²) in [5.41, 5.74) is 2.95. The number of pyridine rings is 1.